The van der Waals surface area contributed by atoms with Crippen molar-refractivity contribution in [3.05, 3.63) is 59.1 Å². The van der Waals surface area contributed by atoms with Crippen molar-refractivity contribution in [2.45, 2.75) is 28.4 Å². The lowest BCUT2D eigenvalue weighted by molar-refractivity contribution is -0.125. The summed E-state index contributed by atoms with van der Waals surface area (Å²) in [6, 6.07) is 14.7. The number of benzene rings is 2. The van der Waals surface area contributed by atoms with Gasteiger partial charge in [-0.15, -0.1) is 11.8 Å². The Balaban J connectivity index is 1.39. The normalized spacial score (nSPS) is 15.7. The van der Waals surface area contributed by atoms with Crippen LogP contribution in [-0.4, -0.2) is 50.3 Å². The molecule has 168 valence electrons. The molecule has 2 aromatic rings. The topological polar surface area (TPSA) is 66.5 Å². The molecule has 3 rings (SSSR count). The number of amides is 1. The third-order valence-electron chi connectivity index (χ3n) is 5.25. The summed E-state index contributed by atoms with van der Waals surface area (Å²) in [4.78, 5) is 13.8. The Hall–Kier alpha value is -1.19. The van der Waals surface area contributed by atoms with E-state index in [1.807, 2.05) is 42.7 Å². The molecule has 31 heavy (non-hydrogen) atoms. The number of sulfonamides is 1. The lowest BCUT2D eigenvalue weighted by Crippen LogP contribution is -2.43. The van der Waals surface area contributed by atoms with Crippen molar-refractivity contribution in [3.63, 3.8) is 0 Å². The highest BCUT2D eigenvalue weighted by Crippen LogP contribution is 2.25. The third kappa shape index (κ3) is 6.89. The second-order valence-electron chi connectivity index (χ2n) is 7.32. The average molecular weight is 499 g/mol. The molecule has 1 N–H and O–H groups in total. The van der Waals surface area contributed by atoms with E-state index in [-0.39, 0.29) is 11.8 Å². The number of halogens is 1. The minimum Gasteiger partial charge on any atom is -0.355 e. The van der Waals surface area contributed by atoms with Crippen molar-refractivity contribution in [1.82, 2.24) is 9.62 Å². The molecule has 0 radical (unpaired) electrons. The van der Waals surface area contributed by atoms with Crippen LogP contribution in [0.25, 0.3) is 0 Å². The Labute approximate surface area is 198 Å². The van der Waals surface area contributed by atoms with E-state index >= 15 is 0 Å². The molecule has 5 nitrogen and oxygen atoms in total. The number of piperidine rings is 1. The van der Waals surface area contributed by atoms with Crippen LogP contribution < -0.4 is 5.32 Å². The highest BCUT2D eigenvalue weighted by atomic mass is 35.5. The molecular formula is C22H27ClN2O3S3. The summed E-state index contributed by atoms with van der Waals surface area (Å²) < 4.78 is 27.2. The van der Waals surface area contributed by atoms with Gasteiger partial charge < -0.3 is 5.32 Å². The fourth-order valence-electron chi connectivity index (χ4n) is 3.42. The van der Waals surface area contributed by atoms with E-state index in [0.717, 1.165) is 21.4 Å². The maximum Gasteiger partial charge on any atom is 0.243 e. The Morgan fingerprint density at radius 1 is 1.10 bits per heavy atom. The van der Waals surface area contributed by atoms with E-state index in [4.69, 9.17) is 11.6 Å². The van der Waals surface area contributed by atoms with Crippen molar-refractivity contribution < 1.29 is 13.2 Å². The number of nitrogens with zero attached hydrogens (tertiary/aromatic N) is 1. The van der Waals surface area contributed by atoms with Gasteiger partial charge in [0, 0.05) is 47.0 Å². The van der Waals surface area contributed by atoms with Gasteiger partial charge in [0.2, 0.25) is 15.9 Å². The van der Waals surface area contributed by atoms with Gasteiger partial charge in [0.15, 0.2) is 0 Å². The number of carbonyl (C=O) groups is 1. The zero-order chi connectivity index (χ0) is 22.3. The molecule has 0 spiro atoms. The molecule has 0 bridgehead atoms. The summed E-state index contributed by atoms with van der Waals surface area (Å²) in [6.07, 6.45) is 3.05. The van der Waals surface area contributed by atoms with Gasteiger partial charge in [-0.1, -0.05) is 23.7 Å². The lowest BCUT2D eigenvalue weighted by atomic mass is 9.97. The largest absolute Gasteiger partial charge is 0.355 e. The second-order valence-corrected chi connectivity index (χ2v) is 11.7. The predicted octanol–water partition coefficient (Wildman–Crippen LogP) is 4.51. The summed E-state index contributed by atoms with van der Waals surface area (Å²) in [7, 11) is -3.51. The first-order valence-corrected chi connectivity index (χ1v) is 14.3. The molecule has 1 amide bonds. The Morgan fingerprint density at radius 3 is 2.35 bits per heavy atom. The van der Waals surface area contributed by atoms with E-state index in [1.54, 1.807) is 35.7 Å². The van der Waals surface area contributed by atoms with Gasteiger partial charge in [0.05, 0.1) is 4.90 Å². The predicted molar refractivity (Wildman–Crippen MR) is 130 cm³/mol. The van der Waals surface area contributed by atoms with Crippen LogP contribution in [0.15, 0.2) is 58.3 Å². The van der Waals surface area contributed by atoms with Crippen LogP contribution >= 0.6 is 35.1 Å². The summed E-state index contributed by atoms with van der Waals surface area (Å²) in [5.41, 5.74) is 1.21. The number of rotatable bonds is 9. The number of thioether (sulfide) groups is 2. The molecular weight excluding hydrogens is 472 g/mol. The number of nitrogens with one attached hydrogen (secondary N) is 1. The molecule has 9 heteroatoms. The maximum absolute atomic E-state index is 12.9. The molecule has 0 saturated carbocycles. The lowest BCUT2D eigenvalue weighted by Gasteiger charge is -2.30. The fraction of sp³-hybridized carbons (Fsp3) is 0.409. The van der Waals surface area contributed by atoms with Crippen LogP contribution in [0.1, 0.15) is 18.4 Å². The van der Waals surface area contributed by atoms with Crippen molar-refractivity contribution in [1.29, 1.82) is 0 Å². The van der Waals surface area contributed by atoms with E-state index < -0.39 is 10.0 Å². The SMILES string of the molecule is CSc1ccc(S(=O)(=O)N2CCC(C(=O)NCCSCc3ccc(Cl)cc3)CC2)cc1. The minimum atomic E-state index is -3.51. The van der Waals surface area contributed by atoms with Crippen molar-refractivity contribution in [2.75, 3.05) is 31.6 Å². The molecule has 1 fully saturated rings. The fourth-order valence-corrected chi connectivity index (χ4v) is 6.24. The number of hydrogen-bond acceptors (Lipinski definition) is 5. The molecule has 0 aromatic heterocycles. The first-order valence-electron chi connectivity index (χ1n) is 10.1. The van der Waals surface area contributed by atoms with E-state index in [2.05, 4.69) is 5.32 Å². The quantitative estimate of drug-likeness (QED) is 0.407. The van der Waals surface area contributed by atoms with Gasteiger partial charge in [-0.2, -0.15) is 16.1 Å². The second kappa shape index (κ2) is 11.6. The summed E-state index contributed by atoms with van der Waals surface area (Å²) in [6.45, 7) is 1.35. The van der Waals surface area contributed by atoms with E-state index in [0.29, 0.717) is 37.4 Å². The van der Waals surface area contributed by atoms with E-state index in [9.17, 15) is 13.2 Å². The Kier molecular flexibility index (Phi) is 9.16. The highest BCUT2D eigenvalue weighted by Gasteiger charge is 2.31. The standard InChI is InChI=1S/C22H27ClN2O3S3/c1-29-20-6-8-21(9-7-20)31(27,28)25-13-10-18(11-14-25)22(26)24-12-15-30-16-17-2-4-19(23)5-3-17/h2-9,18H,10-16H2,1H3,(H,24,26). The molecule has 0 unspecified atom stereocenters. The maximum atomic E-state index is 12.9. The summed E-state index contributed by atoms with van der Waals surface area (Å²) in [5, 5.41) is 3.72. The van der Waals surface area contributed by atoms with Crippen LogP contribution in [0.3, 0.4) is 0 Å². The molecule has 1 heterocycles. The molecule has 0 atom stereocenters. The van der Waals surface area contributed by atoms with Crippen molar-refractivity contribution in [3.8, 4) is 0 Å². The number of carbonyl (C=O) groups excluding carboxylic acids is 1. The minimum absolute atomic E-state index is 0.0217. The summed E-state index contributed by atoms with van der Waals surface area (Å²) >= 11 is 9.22. The Bertz CT molecular complexity index is 959. The Morgan fingerprint density at radius 2 is 1.74 bits per heavy atom. The monoisotopic (exact) mass is 498 g/mol. The molecule has 2 aromatic carbocycles. The van der Waals surface area contributed by atoms with Crippen LogP contribution in [-0.2, 0) is 20.6 Å². The zero-order valence-corrected chi connectivity index (χ0v) is 20.6. The average Bonchev–Trinajstić information content (AvgIpc) is 2.80. The first kappa shape index (κ1) is 24.5. The van der Waals surface area contributed by atoms with Gasteiger partial charge >= 0.3 is 0 Å². The third-order valence-corrected chi connectivity index (χ3v) is 9.19. The molecule has 1 aliphatic heterocycles. The first-order chi connectivity index (χ1) is 14.9. The van der Waals surface area contributed by atoms with Crippen LogP contribution in [0.4, 0.5) is 0 Å². The van der Waals surface area contributed by atoms with Gasteiger partial charge in [-0.25, -0.2) is 8.42 Å². The zero-order valence-electron chi connectivity index (χ0n) is 17.4. The molecule has 1 aliphatic rings. The van der Waals surface area contributed by atoms with Gasteiger partial charge in [0.25, 0.3) is 0 Å². The molecule has 1 saturated heterocycles. The molecule has 0 aliphatic carbocycles. The van der Waals surface area contributed by atoms with Crippen molar-refractivity contribution >= 4 is 51.1 Å². The highest BCUT2D eigenvalue weighted by molar-refractivity contribution is 7.98. The van der Waals surface area contributed by atoms with Crippen LogP contribution in [0.5, 0.6) is 0 Å². The van der Waals surface area contributed by atoms with Gasteiger partial charge in [-0.3, -0.25) is 4.79 Å². The smallest absolute Gasteiger partial charge is 0.243 e. The van der Waals surface area contributed by atoms with Crippen LogP contribution in [0.2, 0.25) is 5.02 Å². The van der Waals surface area contributed by atoms with Crippen molar-refractivity contribution in [2.24, 2.45) is 5.92 Å². The van der Waals surface area contributed by atoms with Gasteiger partial charge in [0.1, 0.15) is 0 Å². The van der Waals surface area contributed by atoms with Crippen LogP contribution in [0, 0.1) is 5.92 Å². The van der Waals surface area contributed by atoms with Gasteiger partial charge in [-0.05, 0) is 61.1 Å². The number of hydrogen-bond donors (Lipinski definition) is 1. The summed E-state index contributed by atoms with van der Waals surface area (Å²) in [5.74, 6) is 1.59. The van der Waals surface area contributed by atoms with E-state index in [1.165, 1.54) is 9.87 Å².